The van der Waals surface area contributed by atoms with Crippen LogP contribution in [0.5, 0.6) is 0 Å². The van der Waals surface area contributed by atoms with Gasteiger partial charge < -0.3 is 15.5 Å². The van der Waals surface area contributed by atoms with E-state index in [1.807, 2.05) is 43.3 Å². The molecule has 0 spiro atoms. The van der Waals surface area contributed by atoms with Crippen molar-refractivity contribution < 1.29 is 14.4 Å². The van der Waals surface area contributed by atoms with E-state index < -0.39 is 0 Å². The average molecular weight is 591 g/mol. The van der Waals surface area contributed by atoms with E-state index in [0.717, 1.165) is 39.0 Å². The second-order valence-electron chi connectivity index (χ2n) is 9.49. The summed E-state index contributed by atoms with van der Waals surface area (Å²) in [5, 5.41) is 5.94. The van der Waals surface area contributed by atoms with Gasteiger partial charge >= 0.3 is 0 Å². The van der Waals surface area contributed by atoms with Gasteiger partial charge in [0, 0.05) is 44.3 Å². The van der Waals surface area contributed by atoms with Crippen LogP contribution in [0.4, 0.5) is 11.4 Å². The molecule has 2 heterocycles. The van der Waals surface area contributed by atoms with Crippen molar-refractivity contribution >= 4 is 56.4 Å². The summed E-state index contributed by atoms with van der Waals surface area (Å²) in [7, 11) is 0. The van der Waals surface area contributed by atoms with Gasteiger partial charge in [0.05, 0.1) is 10.6 Å². The molecule has 38 heavy (non-hydrogen) atoms. The molecular weight excluding hydrogens is 562 g/mol. The summed E-state index contributed by atoms with van der Waals surface area (Å²) in [5.74, 6) is -0.322. The van der Waals surface area contributed by atoms with Crippen LogP contribution in [-0.4, -0.2) is 30.3 Å². The predicted molar refractivity (Wildman–Crippen MR) is 157 cm³/mol. The van der Waals surface area contributed by atoms with Crippen molar-refractivity contribution in [2.24, 2.45) is 0 Å². The zero-order chi connectivity index (χ0) is 26.8. The minimum atomic E-state index is -0.189. The molecule has 2 aromatic carbocycles. The lowest BCUT2D eigenvalue weighted by atomic mass is 10.1. The number of anilines is 2. The zero-order valence-electron chi connectivity index (χ0n) is 21.2. The molecule has 0 unspecified atom stereocenters. The average Bonchev–Trinajstić information content (AvgIpc) is 3.65. The molecule has 3 amide bonds. The number of amides is 3. The third kappa shape index (κ3) is 5.66. The maximum atomic E-state index is 13.7. The molecule has 6 nitrogen and oxygen atoms in total. The Morgan fingerprint density at radius 1 is 1.08 bits per heavy atom. The number of nitrogens with one attached hydrogen (secondary N) is 2. The lowest BCUT2D eigenvalue weighted by Gasteiger charge is -2.23. The van der Waals surface area contributed by atoms with E-state index in [9.17, 15) is 14.4 Å². The van der Waals surface area contributed by atoms with E-state index in [4.69, 9.17) is 0 Å². The topological polar surface area (TPSA) is 78.5 Å². The normalized spacial score (nSPS) is 15.0. The SMILES string of the molecule is CC=CC=C(C)C(=O)Nc1ccc(C(=O)N2CCc3cc(C(=O)NC4CC4)sc3-c3cc(Br)ccc32)cc1. The molecule has 0 atom stereocenters. The van der Waals surface area contributed by atoms with Crippen LogP contribution in [-0.2, 0) is 11.2 Å². The Hall–Kier alpha value is -3.49. The summed E-state index contributed by atoms with van der Waals surface area (Å²) < 4.78 is 0.910. The number of hydrogen-bond donors (Lipinski definition) is 2. The Labute approximate surface area is 234 Å². The fraction of sp³-hybridized carbons (Fsp3) is 0.233. The summed E-state index contributed by atoms with van der Waals surface area (Å²) in [6.07, 6.45) is 8.17. The minimum Gasteiger partial charge on any atom is -0.349 e. The number of fused-ring (bicyclic) bond motifs is 3. The molecule has 8 heteroatoms. The minimum absolute atomic E-state index is 0.0188. The highest BCUT2D eigenvalue weighted by Gasteiger charge is 2.29. The van der Waals surface area contributed by atoms with Gasteiger partial charge in [0.25, 0.3) is 17.7 Å². The van der Waals surface area contributed by atoms with Crippen molar-refractivity contribution in [1.82, 2.24) is 5.32 Å². The number of hydrogen-bond acceptors (Lipinski definition) is 4. The molecule has 1 fully saturated rings. The first kappa shape index (κ1) is 26.1. The Morgan fingerprint density at radius 3 is 2.55 bits per heavy atom. The van der Waals surface area contributed by atoms with E-state index in [-0.39, 0.29) is 17.7 Å². The molecule has 3 aromatic rings. The number of benzene rings is 2. The Bertz CT molecular complexity index is 1470. The Kier molecular flexibility index (Phi) is 7.63. The second kappa shape index (κ2) is 11.1. The molecule has 194 valence electrons. The molecule has 1 aliphatic carbocycles. The number of rotatable bonds is 6. The first-order valence-corrected chi connectivity index (χ1v) is 14.2. The van der Waals surface area contributed by atoms with Crippen LogP contribution in [0.15, 0.2) is 76.8 Å². The third-order valence-corrected chi connectivity index (χ3v) is 8.28. The Balaban J connectivity index is 1.39. The van der Waals surface area contributed by atoms with Crippen molar-refractivity contribution in [1.29, 1.82) is 0 Å². The molecule has 1 aromatic heterocycles. The van der Waals surface area contributed by atoms with Crippen LogP contribution in [0.25, 0.3) is 10.4 Å². The van der Waals surface area contributed by atoms with Crippen LogP contribution in [0.1, 0.15) is 52.3 Å². The van der Waals surface area contributed by atoms with Crippen LogP contribution in [0.2, 0.25) is 0 Å². The van der Waals surface area contributed by atoms with Gasteiger partial charge in [0.1, 0.15) is 0 Å². The van der Waals surface area contributed by atoms with Gasteiger partial charge in [-0.1, -0.05) is 34.2 Å². The smallest absolute Gasteiger partial charge is 0.261 e. The number of carbonyl (C=O) groups excluding carboxylic acids is 3. The molecule has 1 aliphatic heterocycles. The van der Waals surface area contributed by atoms with Gasteiger partial charge in [-0.2, -0.15) is 0 Å². The second-order valence-corrected chi connectivity index (χ2v) is 11.5. The zero-order valence-corrected chi connectivity index (χ0v) is 23.6. The Morgan fingerprint density at radius 2 is 1.84 bits per heavy atom. The van der Waals surface area contributed by atoms with Gasteiger partial charge in [-0.3, -0.25) is 14.4 Å². The summed E-state index contributed by atoms with van der Waals surface area (Å²) in [5.41, 5.74) is 4.58. The number of carbonyl (C=O) groups is 3. The van der Waals surface area contributed by atoms with Crippen LogP contribution in [0, 0.1) is 0 Å². The first-order valence-electron chi connectivity index (χ1n) is 12.6. The van der Waals surface area contributed by atoms with Crippen LogP contribution in [0.3, 0.4) is 0 Å². The summed E-state index contributed by atoms with van der Waals surface area (Å²) in [4.78, 5) is 42.3. The molecule has 0 saturated heterocycles. The van der Waals surface area contributed by atoms with Crippen molar-refractivity contribution in [2.45, 2.75) is 39.2 Å². The molecule has 0 radical (unpaired) electrons. The van der Waals surface area contributed by atoms with Crippen molar-refractivity contribution in [3.05, 3.63) is 92.8 Å². The van der Waals surface area contributed by atoms with Crippen molar-refractivity contribution in [3.8, 4) is 10.4 Å². The van der Waals surface area contributed by atoms with Gasteiger partial charge in [-0.15, -0.1) is 11.3 Å². The highest BCUT2D eigenvalue weighted by atomic mass is 79.9. The van der Waals surface area contributed by atoms with Crippen LogP contribution < -0.4 is 15.5 Å². The lowest BCUT2D eigenvalue weighted by molar-refractivity contribution is -0.112. The predicted octanol–water partition coefficient (Wildman–Crippen LogP) is 6.73. The third-order valence-electron chi connectivity index (χ3n) is 6.58. The fourth-order valence-corrected chi connectivity index (χ4v) is 5.82. The summed E-state index contributed by atoms with van der Waals surface area (Å²) in [6.45, 7) is 4.14. The standard InChI is InChI=1S/C30H28BrN3O3S/c1-3-4-5-18(2)28(35)32-22-9-6-19(7-10-22)30(37)34-15-14-20-16-26(29(36)33-23-11-12-23)38-27(20)24-17-21(31)8-13-25(24)34/h3-10,13,16-17,23H,11-12,14-15H2,1-2H3,(H,32,35)(H,33,36). The van der Waals surface area contributed by atoms with E-state index in [0.29, 0.717) is 40.7 Å². The van der Waals surface area contributed by atoms with E-state index >= 15 is 0 Å². The van der Waals surface area contributed by atoms with Crippen molar-refractivity contribution in [3.63, 3.8) is 0 Å². The van der Waals surface area contributed by atoms with Gasteiger partial charge in [-0.25, -0.2) is 0 Å². The molecular formula is C30H28BrN3O3S. The maximum absolute atomic E-state index is 13.7. The fourth-order valence-electron chi connectivity index (χ4n) is 4.33. The molecule has 2 aliphatic rings. The summed E-state index contributed by atoms with van der Waals surface area (Å²) in [6, 6.07) is 15.1. The van der Waals surface area contributed by atoms with Crippen molar-refractivity contribution in [2.75, 3.05) is 16.8 Å². The first-order chi connectivity index (χ1) is 18.3. The number of nitrogens with zero attached hydrogens (tertiary/aromatic N) is 1. The van der Waals surface area contributed by atoms with Gasteiger partial charge in [0.2, 0.25) is 0 Å². The molecule has 2 N–H and O–H groups in total. The van der Waals surface area contributed by atoms with E-state index in [2.05, 4.69) is 26.6 Å². The number of allylic oxidation sites excluding steroid dienone is 3. The lowest BCUT2D eigenvalue weighted by Crippen LogP contribution is -2.32. The van der Waals surface area contributed by atoms with Gasteiger partial charge in [-0.05, 0) is 87.2 Å². The van der Waals surface area contributed by atoms with Gasteiger partial charge in [0.15, 0.2) is 0 Å². The molecule has 5 rings (SSSR count). The van der Waals surface area contributed by atoms with E-state index in [1.54, 1.807) is 42.2 Å². The highest BCUT2D eigenvalue weighted by molar-refractivity contribution is 9.10. The highest BCUT2D eigenvalue weighted by Crippen LogP contribution is 2.43. The quantitative estimate of drug-likeness (QED) is 0.247. The molecule has 0 bridgehead atoms. The maximum Gasteiger partial charge on any atom is 0.261 e. The monoisotopic (exact) mass is 589 g/mol. The summed E-state index contributed by atoms with van der Waals surface area (Å²) >= 11 is 5.06. The largest absolute Gasteiger partial charge is 0.349 e. The molecule has 1 saturated carbocycles. The number of halogens is 1. The van der Waals surface area contributed by atoms with E-state index in [1.165, 1.54) is 11.3 Å². The van der Waals surface area contributed by atoms with Crippen LogP contribution >= 0.6 is 27.3 Å². The number of thiophene rings is 1.